The highest BCUT2D eigenvalue weighted by atomic mass is 16.5. The Morgan fingerprint density at radius 3 is 2.52 bits per heavy atom. The Balaban J connectivity index is 1.68. The zero-order valence-corrected chi connectivity index (χ0v) is 12.9. The van der Waals surface area contributed by atoms with Gasteiger partial charge < -0.3 is 14.4 Å². The average molecular weight is 304 g/mol. The Bertz CT molecular complexity index is 917. The van der Waals surface area contributed by atoms with Crippen molar-refractivity contribution in [1.29, 1.82) is 0 Å². The van der Waals surface area contributed by atoms with Crippen molar-refractivity contribution >= 4 is 16.7 Å². The van der Waals surface area contributed by atoms with Gasteiger partial charge in [-0.2, -0.15) is 0 Å². The molecular weight excluding hydrogens is 288 g/mol. The molecule has 1 N–H and O–H groups in total. The molecule has 5 heteroatoms. The summed E-state index contributed by atoms with van der Waals surface area (Å²) in [6.07, 6.45) is 0. The lowest BCUT2D eigenvalue weighted by atomic mass is 10.1. The highest BCUT2D eigenvalue weighted by Gasteiger charge is 2.12. The van der Waals surface area contributed by atoms with Crippen LogP contribution >= 0.6 is 0 Å². The van der Waals surface area contributed by atoms with Crippen LogP contribution in [-0.4, -0.2) is 29.2 Å². The van der Waals surface area contributed by atoms with Gasteiger partial charge in [-0.05, 0) is 36.4 Å². The normalized spacial score (nSPS) is 11.0. The Labute approximate surface area is 133 Å². The number of rotatable bonds is 3. The molecule has 23 heavy (non-hydrogen) atoms. The summed E-state index contributed by atoms with van der Waals surface area (Å²) in [6, 6.07) is 18.0. The van der Waals surface area contributed by atoms with E-state index in [1.165, 1.54) is 0 Å². The summed E-state index contributed by atoms with van der Waals surface area (Å²) in [4.78, 5) is 9.86. The molecule has 114 valence electrons. The lowest BCUT2D eigenvalue weighted by Gasteiger charge is -2.11. The summed E-state index contributed by atoms with van der Waals surface area (Å²) < 4.78 is 5.48. The topological polar surface area (TPSA) is 58.0 Å². The standard InChI is InChI=1S/C18H16N4O/c1-22(2)13-9-7-12(8-10-13)17-11-16(21-23-17)18-19-14-5-3-4-6-15(14)20-18/h3-11H,1-2H3,(H,19,20). The maximum Gasteiger partial charge on any atom is 0.167 e. The van der Waals surface area contributed by atoms with Crippen LogP contribution < -0.4 is 4.90 Å². The van der Waals surface area contributed by atoms with Gasteiger partial charge in [0.2, 0.25) is 0 Å². The fourth-order valence-electron chi connectivity index (χ4n) is 2.52. The van der Waals surface area contributed by atoms with E-state index >= 15 is 0 Å². The Morgan fingerprint density at radius 1 is 1.00 bits per heavy atom. The van der Waals surface area contributed by atoms with E-state index in [2.05, 4.69) is 32.2 Å². The summed E-state index contributed by atoms with van der Waals surface area (Å²) >= 11 is 0. The van der Waals surface area contributed by atoms with Gasteiger partial charge >= 0.3 is 0 Å². The van der Waals surface area contributed by atoms with Gasteiger partial charge in [0.1, 0.15) is 5.69 Å². The average Bonchev–Trinajstić information content (AvgIpc) is 3.21. The molecule has 4 aromatic rings. The molecule has 0 fully saturated rings. The van der Waals surface area contributed by atoms with Gasteiger partial charge in [0, 0.05) is 31.4 Å². The number of benzene rings is 2. The van der Waals surface area contributed by atoms with E-state index in [0.717, 1.165) is 28.0 Å². The van der Waals surface area contributed by atoms with Gasteiger partial charge in [-0.15, -0.1) is 0 Å². The molecule has 5 nitrogen and oxygen atoms in total. The van der Waals surface area contributed by atoms with Crippen LogP contribution in [0.2, 0.25) is 0 Å². The van der Waals surface area contributed by atoms with Crippen LogP contribution in [0.3, 0.4) is 0 Å². The Hall–Kier alpha value is -3.08. The quantitative estimate of drug-likeness (QED) is 0.622. The van der Waals surface area contributed by atoms with E-state index < -0.39 is 0 Å². The van der Waals surface area contributed by atoms with Gasteiger partial charge in [-0.25, -0.2) is 4.98 Å². The van der Waals surface area contributed by atoms with E-state index in [-0.39, 0.29) is 0 Å². The fraction of sp³-hybridized carbons (Fsp3) is 0.111. The summed E-state index contributed by atoms with van der Waals surface area (Å²) in [6.45, 7) is 0. The number of hydrogen-bond donors (Lipinski definition) is 1. The smallest absolute Gasteiger partial charge is 0.167 e. The van der Waals surface area contributed by atoms with Crippen LogP contribution in [0.25, 0.3) is 33.9 Å². The van der Waals surface area contributed by atoms with E-state index in [4.69, 9.17) is 4.52 Å². The number of H-pyrrole nitrogens is 1. The summed E-state index contributed by atoms with van der Waals surface area (Å²) in [7, 11) is 4.03. The maximum absolute atomic E-state index is 5.48. The van der Waals surface area contributed by atoms with E-state index in [1.807, 2.05) is 56.6 Å². The summed E-state index contributed by atoms with van der Waals surface area (Å²) in [5, 5.41) is 4.14. The van der Waals surface area contributed by atoms with Crippen LogP contribution in [-0.2, 0) is 0 Å². The second-order valence-electron chi connectivity index (χ2n) is 5.62. The minimum atomic E-state index is 0.702. The predicted octanol–water partition coefficient (Wildman–Crippen LogP) is 3.95. The van der Waals surface area contributed by atoms with Crippen molar-refractivity contribution in [3.05, 3.63) is 54.6 Å². The molecule has 0 aliphatic heterocycles. The van der Waals surface area contributed by atoms with Gasteiger partial charge in [0.15, 0.2) is 11.6 Å². The van der Waals surface area contributed by atoms with Crippen LogP contribution in [0, 0.1) is 0 Å². The van der Waals surface area contributed by atoms with Gasteiger partial charge in [-0.3, -0.25) is 0 Å². The van der Waals surface area contributed by atoms with Crippen molar-refractivity contribution < 1.29 is 4.52 Å². The molecule has 2 heterocycles. The second-order valence-corrected chi connectivity index (χ2v) is 5.62. The highest BCUT2D eigenvalue weighted by molar-refractivity contribution is 5.79. The molecule has 0 aliphatic rings. The van der Waals surface area contributed by atoms with Gasteiger partial charge in [0.25, 0.3) is 0 Å². The van der Waals surface area contributed by atoms with Crippen molar-refractivity contribution in [2.24, 2.45) is 0 Å². The maximum atomic E-state index is 5.48. The first-order valence-electron chi connectivity index (χ1n) is 7.40. The third-order valence-electron chi connectivity index (χ3n) is 3.81. The number of para-hydroxylation sites is 2. The third kappa shape index (κ3) is 2.46. The molecule has 0 unspecified atom stereocenters. The van der Waals surface area contributed by atoms with Crippen molar-refractivity contribution in [2.45, 2.75) is 0 Å². The second kappa shape index (κ2) is 5.28. The number of aromatic amines is 1. The predicted molar refractivity (Wildman–Crippen MR) is 91.4 cm³/mol. The minimum Gasteiger partial charge on any atom is -0.378 e. The van der Waals surface area contributed by atoms with Crippen LogP contribution in [0.15, 0.2) is 59.1 Å². The van der Waals surface area contributed by atoms with Crippen LogP contribution in [0.5, 0.6) is 0 Å². The largest absolute Gasteiger partial charge is 0.378 e. The van der Waals surface area contributed by atoms with E-state index in [9.17, 15) is 0 Å². The van der Waals surface area contributed by atoms with E-state index in [1.54, 1.807) is 0 Å². The number of nitrogens with one attached hydrogen (secondary N) is 1. The van der Waals surface area contributed by atoms with Crippen molar-refractivity contribution in [3.63, 3.8) is 0 Å². The monoisotopic (exact) mass is 304 g/mol. The number of nitrogens with zero attached hydrogens (tertiary/aromatic N) is 3. The zero-order chi connectivity index (χ0) is 15.8. The van der Waals surface area contributed by atoms with Gasteiger partial charge in [-0.1, -0.05) is 17.3 Å². The first-order chi connectivity index (χ1) is 11.2. The summed E-state index contributed by atoms with van der Waals surface area (Å²) in [5.74, 6) is 1.44. The molecule has 0 saturated heterocycles. The Kier molecular flexibility index (Phi) is 3.12. The Morgan fingerprint density at radius 2 is 1.78 bits per heavy atom. The molecule has 0 bridgehead atoms. The lowest BCUT2D eigenvalue weighted by Crippen LogP contribution is -2.07. The number of imidazole rings is 1. The first kappa shape index (κ1) is 13.6. The molecule has 2 aromatic heterocycles. The van der Waals surface area contributed by atoms with E-state index in [0.29, 0.717) is 11.5 Å². The van der Waals surface area contributed by atoms with Crippen molar-refractivity contribution in [2.75, 3.05) is 19.0 Å². The fourth-order valence-corrected chi connectivity index (χ4v) is 2.52. The van der Waals surface area contributed by atoms with Crippen LogP contribution in [0.4, 0.5) is 5.69 Å². The SMILES string of the molecule is CN(C)c1ccc(-c2cc(-c3nc4ccccc4[nH]3)no2)cc1. The van der Waals surface area contributed by atoms with Crippen molar-refractivity contribution in [3.8, 4) is 22.8 Å². The molecule has 4 rings (SSSR count). The minimum absolute atomic E-state index is 0.702. The lowest BCUT2D eigenvalue weighted by molar-refractivity contribution is 0.434. The first-order valence-corrected chi connectivity index (χ1v) is 7.40. The number of anilines is 1. The molecular formula is C18H16N4O. The summed E-state index contributed by atoms with van der Waals surface area (Å²) in [5.41, 5.74) is 4.74. The zero-order valence-electron chi connectivity index (χ0n) is 12.9. The molecule has 0 aliphatic carbocycles. The molecule has 0 atom stereocenters. The molecule has 0 radical (unpaired) electrons. The molecule has 0 amide bonds. The number of hydrogen-bond acceptors (Lipinski definition) is 4. The van der Waals surface area contributed by atoms with Gasteiger partial charge in [0.05, 0.1) is 11.0 Å². The van der Waals surface area contributed by atoms with Crippen LogP contribution in [0.1, 0.15) is 0 Å². The third-order valence-corrected chi connectivity index (χ3v) is 3.81. The number of aromatic nitrogens is 3. The molecule has 0 saturated carbocycles. The van der Waals surface area contributed by atoms with Crippen molar-refractivity contribution in [1.82, 2.24) is 15.1 Å². The number of fused-ring (bicyclic) bond motifs is 1. The highest BCUT2D eigenvalue weighted by Crippen LogP contribution is 2.27. The molecule has 0 spiro atoms. The molecule has 2 aromatic carbocycles.